The fourth-order valence-corrected chi connectivity index (χ4v) is 5.20. The van der Waals surface area contributed by atoms with Crippen LogP contribution in [-0.4, -0.2) is 6.67 Å². The van der Waals surface area contributed by atoms with Gasteiger partial charge in [0, 0.05) is 0 Å². The highest BCUT2D eigenvalue weighted by molar-refractivity contribution is 5.23. The standard InChI is InChI=1S/C23H30F4/c24-13-3-1-2-4-16-5-7-17(8-6-16)18-9-11-19(12-10-18)20-14-21(25)23(27)22(26)15-20/h1,3,14-19H,2,4-13H2. The van der Waals surface area contributed by atoms with Gasteiger partial charge in [-0.3, -0.25) is 0 Å². The zero-order valence-electron chi connectivity index (χ0n) is 15.9. The summed E-state index contributed by atoms with van der Waals surface area (Å²) in [5.74, 6) is -1.13. The Bertz CT molecular complexity index is 600. The number of alkyl halides is 1. The van der Waals surface area contributed by atoms with E-state index < -0.39 is 17.5 Å². The summed E-state index contributed by atoms with van der Waals surface area (Å²) in [6, 6.07) is 2.35. The Hall–Kier alpha value is -1.32. The van der Waals surface area contributed by atoms with Crippen LogP contribution >= 0.6 is 0 Å². The maximum Gasteiger partial charge on any atom is 0.194 e. The smallest absolute Gasteiger partial charge is 0.194 e. The van der Waals surface area contributed by atoms with E-state index in [1.165, 1.54) is 37.8 Å². The first-order valence-electron chi connectivity index (χ1n) is 10.4. The molecule has 0 bridgehead atoms. The third-order valence-electron chi connectivity index (χ3n) is 6.80. The van der Waals surface area contributed by atoms with Crippen molar-refractivity contribution in [2.75, 3.05) is 6.67 Å². The average Bonchev–Trinajstić information content (AvgIpc) is 2.70. The molecule has 4 heteroatoms. The summed E-state index contributed by atoms with van der Waals surface area (Å²) in [5, 5.41) is 0. The van der Waals surface area contributed by atoms with Gasteiger partial charge in [-0.15, -0.1) is 0 Å². The summed E-state index contributed by atoms with van der Waals surface area (Å²) in [6.45, 7) is -0.368. The number of halogens is 4. The molecule has 2 aliphatic carbocycles. The van der Waals surface area contributed by atoms with Gasteiger partial charge in [0.2, 0.25) is 0 Å². The molecule has 150 valence electrons. The predicted octanol–water partition coefficient (Wildman–Crippen LogP) is 7.49. The van der Waals surface area contributed by atoms with Crippen LogP contribution in [0.2, 0.25) is 0 Å². The fraction of sp³-hybridized carbons (Fsp3) is 0.652. The van der Waals surface area contributed by atoms with E-state index in [4.69, 9.17) is 0 Å². The van der Waals surface area contributed by atoms with Crippen LogP contribution < -0.4 is 0 Å². The Balaban J connectivity index is 1.44. The number of rotatable bonds is 6. The third kappa shape index (κ3) is 5.36. The lowest BCUT2D eigenvalue weighted by Crippen LogP contribution is -2.25. The Morgan fingerprint density at radius 1 is 0.778 bits per heavy atom. The molecule has 2 saturated carbocycles. The maximum absolute atomic E-state index is 13.5. The van der Waals surface area contributed by atoms with Gasteiger partial charge in [-0.1, -0.05) is 25.0 Å². The molecule has 2 fully saturated rings. The van der Waals surface area contributed by atoms with Crippen molar-refractivity contribution in [2.24, 2.45) is 17.8 Å². The van der Waals surface area contributed by atoms with Crippen molar-refractivity contribution in [3.63, 3.8) is 0 Å². The van der Waals surface area contributed by atoms with Crippen molar-refractivity contribution in [2.45, 2.75) is 70.1 Å². The van der Waals surface area contributed by atoms with Crippen molar-refractivity contribution in [3.05, 3.63) is 47.3 Å². The van der Waals surface area contributed by atoms with E-state index in [1.54, 1.807) is 6.08 Å². The largest absolute Gasteiger partial charge is 0.247 e. The average molecular weight is 382 g/mol. The van der Waals surface area contributed by atoms with Gasteiger partial charge in [0.25, 0.3) is 0 Å². The van der Waals surface area contributed by atoms with E-state index in [1.807, 2.05) is 6.08 Å². The molecule has 0 aliphatic heterocycles. The first kappa shape index (κ1) is 20.4. The van der Waals surface area contributed by atoms with Gasteiger partial charge >= 0.3 is 0 Å². The molecular weight excluding hydrogens is 352 g/mol. The van der Waals surface area contributed by atoms with Gasteiger partial charge in [0.15, 0.2) is 17.5 Å². The van der Waals surface area contributed by atoms with E-state index in [9.17, 15) is 17.6 Å². The molecule has 0 saturated heterocycles. The van der Waals surface area contributed by atoms with Crippen LogP contribution in [0, 0.1) is 35.2 Å². The Kier molecular flexibility index (Phi) is 7.37. The fourth-order valence-electron chi connectivity index (χ4n) is 5.20. The number of allylic oxidation sites excluding steroid dienone is 2. The molecule has 0 atom stereocenters. The lowest BCUT2D eigenvalue weighted by atomic mass is 9.68. The summed E-state index contributed by atoms with van der Waals surface area (Å²) in [4.78, 5) is 0. The van der Waals surface area contributed by atoms with Crippen LogP contribution in [-0.2, 0) is 0 Å². The van der Waals surface area contributed by atoms with Gasteiger partial charge in [-0.25, -0.2) is 17.6 Å². The van der Waals surface area contributed by atoms with Crippen molar-refractivity contribution in [1.82, 2.24) is 0 Å². The molecule has 0 amide bonds. The highest BCUT2D eigenvalue weighted by atomic mass is 19.2. The van der Waals surface area contributed by atoms with Crippen molar-refractivity contribution < 1.29 is 17.6 Å². The Morgan fingerprint density at radius 3 is 1.89 bits per heavy atom. The normalized spacial score (nSPS) is 29.3. The Labute approximate surface area is 160 Å². The van der Waals surface area contributed by atoms with Crippen LogP contribution in [0.5, 0.6) is 0 Å². The number of hydrogen-bond acceptors (Lipinski definition) is 0. The molecule has 27 heavy (non-hydrogen) atoms. The molecule has 0 nitrogen and oxygen atoms in total. The minimum Gasteiger partial charge on any atom is -0.247 e. The van der Waals surface area contributed by atoms with E-state index >= 15 is 0 Å². The molecule has 0 spiro atoms. The monoisotopic (exact) mass is 382 g/mol. The van der Waals surface area contributed by atoms with E-state index in [0.717, 1.165) is 50.4 Å². The zero-order chi connectivity index (χ0) is 19.2. The van der Waals surface area contributed by atoms with Crippen LogP contribution in [0.25, 0.3) is 0 Å². The van der Waals surface area contributed by atoms with Gasteiger partial charge in [0.1, 0.15) is 6.67 Å². The second-order valence-electron chi connectivity index (χ2n) is 8.39. The minimum atomic E-state index is -1.37. The second-order valence-corrected chi connectivity index (χ2v) is 8.39. The molecule has 1 aromatic carbocycles. The van der Waals surface area contributed by atoms with Crippen molar-refractivity contribution in [1.29, 1.82) is 0 Å². The van der Waals surface area contributed by atoms with Gasteiger partial charge in [-0.05, 0) is 92.7 Å². The van der Waals surface area contributed by atoms with E-state index in [0.29, 0.717) is 11.5 Å². The van der Waals surface area contributed by atoms with E-state index in [-0.39, 0.29) is 12.6 Å². The third-order valence-corrected chi connectivity index (χ3v) is 6.80. The maximum atomic E-state index is 13.5. The number of benzene rings is 1. The Morgan fingerprint density at radius 2 is 1.33 bits per heavy atom. The quantitative estimate of drug-likeness (QED) is 0.272. The number of hydrogen-bond donors (Lipinski definition) is 0. The second kappa shape index (κ2) is 9.75. The summed E-state index contributed by atoms with van der Waals surface area (Å²) in [7, 11) is 0. The molecular formula is C23H30F4. The van der Waals surface area contributed by atoms with Crippen LogP contribution in [0.15, 0.2) is 24.3 Å². The van der Waals surface area contributed by atoms with Gasteiger partial charge in [0.05, 0.1) is 0 Å². The minimum absolute atomic E-state index is 0.143. The molecule has 0 unspecified atom stereocenters. The van der Waals surface area contributed by atoms with E-state index in [2.05, 4.69) is 0 Å². The highest BCUT2D eigenvalue weighted by Gasteiger charge is 2.31. The highest BCUT2D eigenvalue weighted by Crippen LogP contribution is 2.44. The predicted molar refractivity (Wildman–Crippen MR) is 101 cm³/mol. The topological polar surface area (TPSA) is 0 Å². The van der Waals surface area contributed by atoms with Crippen LogP contribution in [0.4, 0.5) is 17.6 Å². The SMILES string of the molecule is FCC=CCCC1CCC(C2CCC(c3cc(F)c(F)c(F)c3)CC2)CC1. The molecule has 0 aromatic heterocycles. The summed E-state index contributed by atoms with van der Waals surface area (Å²) in [6.07, 6.45) is 14.8. The molecule has 1 aromatic rings. The summed E-state index contributed by atoms with van der Waals surface area (Å²) >= 11 is 0. The van der Waals surface area contributed by atoms with Gasteiger partial charge < -0.3 is 0 Å². The molecule has 0 N–H and O–H groups in total. The van der Waals surface area contributed by atoms with Gasteiger partial charge in [-0.2, -0.15) is 0 Å². The first-order valence-corrected chi connectivity index (χ1v) is 10.4. The summed E-state index contributed by atoms with van der Waals surface area (Å²) < 4.78 is 52.2. The first-order chi connectivity index (χ1) is 13.1. The zero-order valence-corrected chi connectivity index (χ0v) is 15.9. The molecule has 0 heterocycles. The molecule has 0 radical (unpaired) electrons. The lowest BCUT2D eigenvalue weighted by Gasteiger charge is -2.38. The molecule has 3 rings (SSSR count). The van der Waals surface area contributed by atoms with Crippen LogP contribution in [0.3, 0.4) is 0 Å². The van der Waals surface area contributed by atoms with Crippen LogP contribution in [0.1, 0.15) is 75.7 Å². The summed E-state index contributed by atoms with van der Waals surface area (Å²) in [5.41, 5.74) is 0.606. The van der Waals surface area contributed by atoms with Crippen molar-refractivity contribution in [3.8, 4) is 0 Å². The lowest BCUT2D eigenvalue weighted by molar-refractivity contribution is 0.157. The van der Waals surface area contributed by atoms with Crippen molar-refractivity contribution >= 4 is 0 Å². The molecule has 2 aliphatic rings.